The van der Waals surface area contributed by atoms with Gasteiger partial charge in [0.1, 0.15) is 24.1 Å². The smallest absolute Gasteiger partial charge is 0.351 e. The number of carbonyl (C=O) groups excluding carboxylic acids is 1. The number of aromatic nitrogens is 2. The first-order chi connectivity index (χ1) is 15.8. The molecule has 2 aliphatic heterocycles. The summed E-state index contributed by atoms with van der Waals surface area (Å²) in [5.74, 6) is -4.29. The van der Waals surface area contributed by atoms with Crippen LogP contribution in [-0.4, -0.2) is 74.4 Å². The molecule has 2 unspecified atom stereocenters. The van der Waals surface area contributed by atoms with E-state index in [2.05, 4.69) is 14.0 Å². The molecule has 1 amide bonds. The highest BCUT2D eigenvalue weighted by Crippen LogP contribution is 2.48. The molecule has 2 aliphatic rings. The van der Waals surface area contributed by atoms with Crippen LogP contribution in [0.5, 0.6) is 0 Å². The molecule has 1 aromatic heterocycles. The minimum atomic E-state index is -5.87. The van der Waals surface area contributed by atoms with Crippen LogP contribution in [0.1, 0.15) is 25.5 Å². The number of amides is 1. The zero-order chi connectivity index (χ0) is 25.3. The van der Waals surface area contributed by atoms with Crippen LogP contribution in [-0.2, 0) is 27.7 Å². The van der Waals surface area contributed by atoms with Gasteiger partial charge in [0, 0.05) is 19.3 Å². The molecule has 0 aliphatic carbocycles. The lowest BCUT2D eigenvalue weighted by Gasteiger charge is -2.42. The Balaban J connectivity index is 1.67. The maximum absolute atomic E-state index is 12.4. The van der Waals surface area contributed by atoms with Gasteiger partial charge < -0.3 is 49.4 Å². The van der Waals surface area contributed by atoms with E-state index >= 15 is 0 Å². The minimum Gasteiger partial charge on any atom is -0.809 e. The molecule has 16 nitrogen and oxygen atoms in total. The van der Waals surface area contributed by atoms with Crippen LogP contribution in [0.25, 0.3) is 0 Å². The zero-order valence-electron chi connectivity index (χ0n) is 17.6. The third-order valence-corrected chi connectivity index (χ3v) is 7.26. The molecule has 3 rings (SSSR count). The number of phosphoric ester groups is 1. The van der Waals surface area contributed by atoms with E-state index in [1.807, 2.05) is 0 Å². The van der Waals surface area contributed by atoms with Gasteiger partial charge in [0.05, 0.1) is 6.61 Å². The number of likely N-dealkylation sites (tertiary alicyclic amines) is 1. The van der Waals surface area contributed by atoms with E-state index in [-0.39, 0.29) is 18.9 Å². The number of aliphatic hydroxyl groups excluding tert-OH is 2. The second-order valence-electron chi connectivity index (χ2n) is 7.72. The van der Waals surface area contributed by atoms with Crippen LogP contribution >= 0.6 is 15.4 Å². The third kappa shape index (κ3) is 6.29. The molecule has 0 radical (unpaired) electrons. The van der Waals surface area contributed by atoms with E-state index in [0.717, 1.165) is 22.1 Å². The van der Waals surface area contributed by atoms with Crippen LogP contribution in [0.4, 0.5) is 5.82 Å². The van der Waals surface area contributed by atoms with Crippen molar-refractivity contribution in [1.29, 1.82) is 0 Å². The van der Waals surface area contributed by atoms with Gasteiger partial charge in [-0.2, -0.15) is 4.98 Å². The second kappa shape index (κ2) is 10.5. The Labute approximate surface area is 192 Å². The molecule has 18 heteroatoms. The highest BCUT2D eigenvalue weighted by atomic mass is 31.2. The number of ether oxygens (including phenoxy) is 1. The lowest BCUT2D eigenvalue weighted by Crippen LogP contribution is -2.46. The Morgan fingerprint density at radius 2 is 1.88 bits per heavy atom. The minimum absolute atomic E-state index is 0.110. The molecule has 6 atom stereocenters. The topological polar surface area (TPSA) is 253 Å². The van der Waals surface area contributed by atoms with Gasteiger partial charge in [-0.1, -0.05) is 0 Å². The zero-order valence-corrected chi connectivity index (χ0v) is 19.4. The first-order valence-corrected chi connectivity index (χ1v) is 13.2. The van der Waals surface area contributed by atoms with Gasteiger partial charge in [-0.25, -0.2) is 4.79 Å². The van der Waals surface area contributed by atoms with Gasteiger partial charge in [-0.05, 0) is 32.9 Å². The number of piperidine rings is 1. The van der Waals surface area contributed by atoms with Crippen LogP contribution < -0.4 is 26.1 Å². The Morgan fingerprint density at radius 1 is 1.24 bits per heavy atom. The molecular formula is C16H23N4O12P2-3. The molecule has 0 spiro atoms. The number of nitrogen functional groups attached to an aromatic ring is 1. The van der Waals surface area contributed by atoms with Crippen molar-refractivity contribution in [3.8, 4) is 0 Å². The number of phosphoric acid groups is 1. The van der Waals surface area contributed by atoms with Crippen molar-refractivity contribution in [3.63, 3.8) is 0 Å². The highest BCUT2D eigenvalue weighted by Gasteiger charge is 2.45. The summed E-state index contributed by atoms with van der Waals surface area (Å²) < 4.78 is 38.7. The summed E-state index contributed by atoms with van der Waals surface area (Å²) in [5, 5.41) is 20.3. The molecular weight excluding hydrogens is 502 g/mol. The van der Waals surface area contributed by atoms with Gasteiger partial charge in [0.2, 0.25) is 0 Å². The monoisotopic (exact) mass is 525 g/mol. The first kappa shape index (κ1) is 26.9. The average Bonchev–Trinajstić information content (AvgIpc) is 3.04. The molecule has 0 saturated carbocycles. The molecule has 2 fully saturated rings. The van der Waals surface area contributed by atoms with E-state index in [9.17, 15) is 43.6 Å². The van der Waals surface area contributed by atoms with Crippen molar-refractivity contribution >= 4 is 27.1 Å². The second-order valence-corrected chi connectivity index (χ2v) is 10.6. The van der Waals surface area contributed by atoms with Crippen LogP contribution in [0.3, 0.4) is 0 Å². The first-order valence-electron chi connectivity index (χ1n) is 10.1. The van der Waals surface area contributed by atoms with Gasteiger partial charge in [0.15, 0.2) is 12.1 Å². The number of nitrogens with zero attached hydrogens (tertiary/aromatic N) is 3. The summed E-state index contributed by atoms with van der Waals surface area (Å²) in [6.45, 7) is -0.744. The third-order valence-electron chi connectivity index (χ3n) is 5.25. The quantitative estimate of drug-likeness (QED) is 0.275. The number of hydrogen-bond acceptors (Lipinski definition) is 14. The Morgan fingerprint density at radius 3 is 2.47 bits per heavy atom. The van der Waals surface area contributed by atoms with Crippen molar-refractivity contribution in [1.82, 2.24) is 14.5 Å². The molecule has 1 aromatic rings. The predicted molar refractivity (Wildman–Crippen MR) is 105 cm³/mol. The van der Waals surface area contributed by atoms with Crippen LogP contribution in [0, 0.1) is 0 Å². The Hall–Kier alpha value is -1.71. The van der Waals surface area contributed by atoms with E-state index in [1.165, 1.54) is 6.07 Å². The number of rotatable bonds is 8. The lowest BCUT2D eigenvalue weighted by molar-refractivity contribution is -0.323. The van der Waals surface area contributed by atoms with Crippen molar-refractivity contribution in [2.75, 3.05) is 25.4 Å². The molecule has 2 saturated heterocycles. The Kier molecular flexibility index (Phi) is 8.30. The number of aliphatic hydroxyl groups is 2. The summed E-state index contributed by atoms with van der Waals surface area (Å²) >= 11 is 0. The maximum Gasteiger partial charge on any atom is 0.351 e. The van der Waals surface area contributed by atoms with Crippen molar-refractivity contribution in [3.05, 3.63) is 22.7 Å². The molecule has 0 aromatic carbocycles. The molecule has 34 heavy (non-hydrogen) atoms. The van der Waals surface area contributed by atoms with Gasteiger partial charge in [0.25, 0.3) is 13.7 Å². The number of anilines is 1. The van der Waals surface area contributed by atoms with Gasteiger partial charge >= 0.3 is 5.69 Å². The summed E-state index contributed by atoms with van der Waals surface area (Å²) in [6.07, 6.45) is -3.47. The summed E-state index contributed by atoms with van der Waals surface area (Å²) in [5.41, 5.74) is 4.46. The summed E-state index contributed by atoms with van der Waals surface area (Å²) in [7, 11) is -11.5. The maximum atomic E-state index is 12.4. The molecule has 192 valence electrons. The Bertz CT molecular complexity index is 1040. The van der Waals surface area contributed by atoms with E-state index in [1.54, 1.807) is 0 Å². The van der Waals surface area contributed by atoms with Crippen molar-refractivity contribution < 1.29 is 52.6 Å². The van der Waals surface area contributed by atoms with Crippen LogP contribution in [0.2, 0.25) is 0 Å². The molecule has 4 N–H and O–H groups in total. The largest absolute Gasteiger partial charge is 0.809 e. The van der Waals surface area contributed by atoms with Crippen LogP contribution in [0.15, 0.2) is 17.1 Å². The summed E-state index contributed by atoms with van der Waals surface area (Å²) in [4.78, 5) is 64.1. The predicted octanol–water partition coefficient (Wildman–Crippen LogP) is -3.80. The SMILES string of the molecule is Nc1ccn([C@@H]2O[C@H](COP(=O)([O-])OC(C(=O)N3CCCCC3)P(=O)([O-])[O-])[C@@H](O)[C@H]2O)c(=O)n1. The normalized spacial score (nSPS) is 28.4. The van der Waals surface area contributed by atoms with Crippen molar-refractivity contribution in [2.45, 2.75) is 49.6 Å². The highest BCUT2D eigenvalue weighted by molar-refractivity contribution is 7.52. The van der Waals surface area contributed by atoms with E-state index in [0.29, 0.717) is 12.8 Å². The molecule has 3 heterocycles. The summed E-state index contributed by atoms with van der Waals surface area (Å²) in [6, 6.07) is 1.22. The number of hydrogen-bond donors (Lipinski definition) is 3. The average molecular weight is 525 g/mol. The number of nitrogens with two attached hydrogens (primary N) is 1. The standard InChI is InChI=1S/C16H26N4O12P2/c17-10-4-7-20(16(24)18-10)14-12(22)11(21)9(31-14)8-30-34(28,29)32-15(33(25,26)27)13(23)19-5-2-1-3-6-19/h4,7,9,11-12,14-15,21-22H,1-3,5-6,8H2,(H,28,29)(H2,17,18,24)(H2,25,26,27)/p-3/t9-,11-,12-,14-,15?/m1/s1. The van der Waals surface area contributed by atoms with Gasteiger partial charge in [-0.3, -0.25) is 18.5 Å². The van der Waals surface area contributed by atoms with Gasteiger partial charge in [-0.15, -0.1) is 0 Å². The van der Waals surface area contributed by atoms with E-state index < -0.39 is 64.0 Å². The van der Waals surface area contributed by atoms with E-state index in [4.69, 9.17) is 10.5 Å². The molecule has 0 bridgehead atoms. The van der Waals surface area contributed by atoms with Crippen molar-refractivity contribution in [2.24, 2.45) is 0 Å². The fourth-order valence-electron chi connectivity index (χ4n) is 3.54. The fraction of sp³-hybridized carbons (Fsp3) is 0.688. The fourth-order valence-corrected chi connectivity index (χ4v) is 5.51. The lowest BCUT2D eigenvalue weighted by atomic mass is 10.1. The number of carbonyl (C=O) groups is 1.